The molecule has 1 aromatic rings. The molecule has 6 rings (SSSR count). The third kappa shape index (κ3) is 3.73. The lowest BCUT2D eigenvalue weighted by Crippen LogP contribution is -2.71. The zero-order chi connectivity index (χ0) is 26.4. The topological polar surface area (TPSA) is 86.3 Å². The van der Waals surface area contributed by atoms with Crippen LogP contribution in [0.5, 0.6) is 0 Å². The zero-order valence-electron chi connectivity index (χ0n) is 22.6. The molecule has 0 heterocycles. The van der Waals surface area contributed by atoms with Crippen molar-refractivity contribution in [2.75, 3.05) is 33.7 Å². The molecule has 0 saturated heterocycles. The summed E-state index contributed by atoms with van der Waals surface area (Å²) in [4.78, 5) is 13.0. The summed E-state index contributed by atoms with van der Waals surface area (Å²) in [6, 6.07) is 9.73. The fraction of sp³-hybridized carbons (Fsp3) is 0.645. The molecule has 0 aromatic heterocycles. The Morgan fingerprint density at radius 3 is 2.82 bits per heavy atom. The largest absolute Gasteiger partial charge is 0.445 e. The second kappa shape index (κ2) is 10.1. The normalized spacial score (nSPS) is 39.7. The zero-order valence-corrected chi connectivity index (χ0v) is 22.6. The van der Waals surface area contributed by atoms with Crippen LogP contribution in [-0.2, 0) is 25.6 Å². The molecule has 3 fully saturated rings. The van der Waals surface area contributed by atoms with Gasteiger partial charge in [-0.3, -0.25) is 0 Å². The minimum absolute atomic E-state index is 0.00615. The molecule has 206 valence electrons. The Hall–Kier alpha value is -2.19. The number of hydrogen-bond acceptors (Lipinski definition) is 6. The molecule has 0 radical (unpaired) electrons. The van der Waals surface area contributed by atoms with Gasteiger partial charge in [-0.05, 0) is 54.1 Å². The van der Waals surface area contributed by atoms with Gasteiger partial charge in [0.05, 0.1) is 25.4 Å². The average molecular weight is 524 g/mol. The van der Waals surface area contributed by atoms with Crippen molar-refractivity contribution >= 4 is 6.09 Å². The highest BCUT2D eigenvalue weighted by atomic mass is 16.7. The van der Waals surface area contributed by atoms with Crippen molar-refractivity contribution in [3.8, 4) is 0 Å². The van der Waals surface area contributed by atoms with E-state index in [2.05, 4.69) is 30.5 Å². The van der Waals surface area contributed by atoms with Crippen molar-refractivity contribution in [2.45, 2.75) is 57.8 Å². The molecule has 5 aliphatic rings. The van der Waals surface area contributed by atoms with Crippen LogP contribution in [0.4, 0.5) is 4.79 Å². The minimum atomic E-state index is -0.364. The molecule has 3 saturated carbocycles. The van der Waals surface area contributed by atoms with Gasteiger partial charge in [-0.25, -0.2) is 4.79 Å². The molecule has 2 unspecified atom stereocenters. The van der Waals surface area contributed by atoms with Gasteiger partial charge in [0.15, 0.2) is 0 Å². The maximum absolute atomic E-state index is 13.0. The molecular weight excluding hydrogens is 482 g/mol. The number of alkyl carbamates (subject to hydrolysis) is 1. The summed E-state index contributed by atoms with van der Waals surface area (Å²) in [5.41, 5.74) is 2.10. The van der Waals surface area contributed by atoms with Gasteiger partial charge < -0.3 is 29.4 Å². The number of hydrogen-bond donors (Lipinski definition) is 2. The van der Waals surface area contributed by atoms with Gasteiger partial charge in [0.2, 0.25) is 0 Å². The van der Waals surface area contributed by atoms with Crippen LogP contribution >= 0.6 is 0 Å². The maximum atomic E-state index is 13.0. The molecule has 7 heteroatoms. The summed E-state index contributed by atoms with van der Waals surface area (Å²) in [5.74, 6) is 0.998. The quantitative estimate of drug-likeness (QED) is 0.250. The summed E-state index contributed by atoms with van der Waals surface area (Å²) < 4.78 is 23.0. The van der Waals surface area contributed by atoms with E-state index in [9.17, 15) is 9.90 Å². The first-order chi connectivity index (χ1) is 18.5. The molecule has 1 spiro atoms. The van der Waals surface area contributed by atoms with Gasteiger partial charge in [-0.2, -0.15) is 0 Å². The summed E-state index contributed by atoms with van der Waals surface area (Å²) in [6.07, 6.45) is 11.9. The lowest BCUT2D eigenvalue weighted by atomic mass is 9.35. The van der Waals surface area contributed by atoms with Gasteiger partial charge in [0.1, 0.15) is 13.4 Å². The van der Waals surface area contributed by atoms with Crippen molar-refractivity contribution in [3.63, 3.8) is 0 Å². The van der Waals surface area contributed by atoms with E-state index in [0.717, 1.165) is 31.2 Å². The van der Waals surface area contributed by atoms with E-state index < -0.39 is 0 Å². The lowest BCUT2D eigenvalue weighted by Gasteiger charge is -2.70. The number of carbonyl (C=O) groups is 1. The van der Waals surface area contributed by atoms with Crippen LogP contribution in [0.15, 0.2) is 54.1 Å². The number of aliphatic hydroxyl groups excluding tert-OH is 1. The molecule has 7 nitrogen and oxygen atoms in total. The Balaban J connectivity index is 1.29. The van der Waals surface area contributed by atoms with Crippen LogP contribution in [-0.4, -0.2) is 57.1 Å². The summed E-state index contributed by atoms with van der Waals surface area (Å²) in [6.45, 7) is 4.03. The van der Waals surface area contributed by atoms with Crippen molar-refractivity contribution in [1.29, 1.82) is 0 Å². The molecule has 4 bridgehead atoms. The Kier molecular flexibility index (Phi) is 6.92. The van der Waals surface area contributed by atoms with Gasteiger partial charge in [0, 0.05) is 30.5 Å². The summed E-state index contributed by atoms with van der Waals surface area (Å²) in [7, 11) is 1.63. The molecular formula is C31H41NO6. The number of methoxy groups -OCH3 is 1. The van der Waals surface area contributed by atoms with Crippen molar-refractivity contribution in [3.05, 3.63) is 59.7 Å². The second-order valence-electron chi connectivity index (χ2n) is 12.1. The number of nitrogens with one attached hydrogen (secondary N) is 1. The highest BCUT2D eigenvalue weighted by Gasteiger charge is 2.79. The Morgan fingerprint density at radius 2 is 2.03 bits per heavy atom. The monoisotopic (exact) mass is 523 g/mol. The molecule has 1 aromatic carbocycles. The van der Waals surface area contributed by atoms with Crippen LogP contribution in [0.3, 0.4) is 0 Å². The van der Waals surface area contributed by atoms with E-state index in [1.54, 1.807) is 7.11 Å². The first-order valence-corrected chi connectivity index (χ1v) is 14.2. The Morgan fingerprint density at radius 1 is 1.18 bits per heavy atom. The highest BCUT2D eigenvalue weighted by Crippen LogP contribution is 2.80. The summed E-state index contributed by atoms with van der Waals surface area (Å²) >= 11 is 0. The molecule has 5 aliphatic carbocycles. The molecule has 2 N–H and O–H groups in total. The molecule has 1 amide bonds. The molecule has 38 heavy (non-hydrogen) atoms. The van der Waals surface area contributed by atoms with Crippen LogP contribution in [0, 0.1) is 34.0 Å². The van der Waals surface area contributed by atoms with Gasteiger partial charge in [-0.15, -0.1) is 0 Å². The van der Waals surface area contributed by atoms with Gasteiger partial charge in [0.25, 0.3) is 0 Å². The third-order valence-electron chi connectivity index (χ3n) is 10.5. The fourth-order valence-electron chi connectivity index (χ4n) is 9.49. The Labute approximate surface area is 225 Å². The van der Waals surface area contributed by atoms with Gasteiger partial charge in [-0.1, -0.05) is 61.9 Å². The van der Waals surface area contributed by atoms with Crippen molar-refractivity contribution in [2.24, 2.45) is 34.0 Å². The van der Waals surface area contributed by atoms with E-state index in [0.29, 0.717) is 31.5 Å². The molecule has 8 atom stereocenters. The maximum Gasteiger partial charge on any atom is 0.407 e. The predicted octanol–water partition coefficient (Wildman–Crippen LogP) is 4.61. The van der Waals surface area contributed by atoms with Crippen LogP contribution in [0.1, 0.15) is 44.6 Å². The third-order valence-corrected chi connectivity index (χ3v) is 10.5. The van der Waals surface area contributed by atoms with Crippen LogP contribution in [0.25, 0.3) is 0 Å². The number of benzene rings is 1. The summed E-state index contributed by atoms with van der Waals surface area (Å²) in [5, 5.41) is 13.5. The fourth-order valence-corrected chi connectivity index (χ4v) is 9.49. The van der Waals surface area contributed by atoms with Crippen molar-refractivity contribution in [1.82, 2.24) is 5.32 Å². The van der Waals surface area contributed by atoms with Crippen LogP contribution in [0.2, 0.25) is 0 Å². The predicted molar refractivity (Wildman–Crippen MR) is 142 cm³/mol. The number of rotatable bonds is 11. The lowest BCUT2D eigenvalue weighted by molar-refractivity contribution is -0.171. The minimum Gasteiger partial charge on any atom is -0.445 e. The number of allylic oxidation sites excluding steroid dienone is 2. The number of aliphatic hydroxyl groups is 1. The van der Waals surface area contributed by atoms with E-state index in [4.69, 9.17) is 18.9 Å². The van der Waals surface area contributed by atoms with Gasteiger partial charge >= 0.3 is 6.09 Å². The van der Waals surface area contributed by atoms with E-state index in [-0.39, 0.29) is 60.4 Å². The Bertz CT molecular complexity index is 1090. The standard InChI is InChI=1S/C31H41NO6/c1-29-12-7-13-31-24-11-6-10-23(27(31)37-17-16-36-20-35-2)30(24,14-15-33)18-22(25(29)31)26(29)32-28(34)38-19-21-8-4-3-5-9-21/h3-6,8-10,18,23-27,33H,7,11-17,19-20H2,1-2H3,(H,32,34)/t23-,24+,25-,26?,27?,29+,30+,31+/m0/s1. The molecule has 0 aliphatic heterocycles. The van der Waals surface area contributed by atoms with Crippen molar-refractivity contribution < 1.29 is 28.8 Å². The van der Waals surface area contributed by atoms with E-state index >= 15 is 0 Å². The number of amides is 1. The SMILES string of the molecule is COCOCCOC1[C@@H]2C=CC[C@@H]3[C@]2(CCO)C=C2C(NC(=O)OCc4ccccc4)[C@]4(C)CCC[C@@]13[C@@H]24. The smallest absolute Gasteiger partial charge is 0.407 e. The number of ether oxygens (including phenoxy) is 4. The highest BCUT2D eigenvalue weighted by molar-refractivity contribution is 5.69. The second-order valence-corrected chi connectivity index (χ2v) is 12.1. The van der Waals surface area contributed by atoms with E-state index in [1.165, 1.54) is 5.57 Å². The first-order valence-electron chi connectivity index (χ1n) is 14.2. The van der Waals surface area contributed by atoms with E-state index in [1.807, 2.05) is 30.3 Å². The first kappa shape index (κ1) is 26.1. The average Bonchev–Trinajstić information content (AvgIpc) is 3.02. The van der Waals surface area contributed by atoms with Crippen LogP contribution < -0.4 is 5.32 Å². The number of carbonyl (C=O) groups excluding carboxylic acids is 1.